The SMILES string of the molecule is COc1cc(C(=O)NS(=O)(=O)Cc2ccccc2)ccc1OCc1ccccc1Cl. The fraction of sp³-hybridized carbons (Fsp3) is 0.136. The Bertz CT molecular complexity index is 1130. The van der Waals surface area contributed by atoms with Crippen LogP contribution in [0.3, 0.4) is 0 Å². The molecule has 156 valence electrons. The molecule has 0 unspecified atom stereocenters. The van der Waals surface area contributed by atoms with Crippen LogP contribution >= 0.6 is 11.6 Å². The van der Waals surface area contributed by atoms with E-state index in [4.69, 9.17) is 21.1 Å². The standard InChI is InChI=1S/C22H20ClNO5S/c1-28-21-13-17(11-12-20(21)29-14-18-9-5-6-10-19(18)23)22(25)24-30(26,27)15-16-7-3-2-4-8-16/h2-13H,14-15H2,1H3,(H,24,25). The van der Waals surface area contributed by atoms with Gasteiger partial charge in [0.25, 0.3) is 5.91 Å². The number of carbonyl (C=O) groups excluding carboxylic acids is 1. The lowest BCUT2D eigenvalue weighted by Crippen LogP contribution is -2.31. The molecular formula is C22H20ClNO5S. The minimum atomic E-state index is -3.85. The summed E-state index contributed by atoms with van der Waals surface area (Å²) in [6.45, 7) is 0.215. The maximum Gasteiger partial charge on any atom is 0.264 e. The van der Waals surface area contributed by atoms with E-state index in [0.29, 0.717) is 22.1 Å². The topological polar surface area (TPSA) is 81.7 Å². The minimum Gasteiger partial charge on any atom is -0.493 e. The summed E-state index contributed by atoms with van der Waals surface area (Å²) in [7, 11) is -2.41. The van der Waals surface area contributed by atoms with E-state index in [1.807, 2.05) is 18.2 Å². The minimum absolute atomic E-state index is 0.133. The van der Waals surface area contributed by atoms with Crippen molar-refractivity contribution < 1.29 is 22.7 Å². The molecule has 3 aromatic carbocycles. The van der Waals surface area contributed by atoms with Crippen LogP contribution in [-0.2, 0) is 22.4 Å². The van der Waals surface area contributed by atoms with Gasteiger partial charge in [-0.15, -0.1) is 0 Å². The van der Waals surface area contributed by atoms with Gasteiger partial charge in [-0.2, -0.15) is 0 Å². The fourth-order valence-electron chi connectivity index (χ4n) is 2.73. The molecule has 0 aliphatic heterocycles. The molecule has 0 saturated heterocycles. The first kappa shape index (κ1) is 21.7. The Kier molecular flexibility index (Phi) is 6.97. The molecule has 0 aliphatic rings. The summed E-state index contributed by atoms with van der Waals surface area (Å²) in [4.78, 5) is 12.4. The van der Waals surface area contributed by atoms with Crippen molar-refractivity contribution in [2.75, 3.05) is 7.11 Å². The van der Waals surface area contributed by atoms with Crippen LogP contribution in [0.4, 0.5) is 0 Å². The first-order valence-corrected chi connectivity index (χ1v) is 11.0. The van der Waals surface area contributed by atoms with Gasteiger partial charge in [-0.3, -0.25) is 4.79 Å². The number of benzene rings is 3. The highest BCUT2D eigenvalue weighted by atomic mass is 35.5. The van der Waals surface area contributed by atoms with Gasteiger partial charge in [0.2, 0.25) is 10.0 Å². The van der Waals surface area contributed by atoms with Crippen LogP contribution in [0.2, 0.25) is 5.02 Å². The van der Waals surface area contributed by atoms with Crippen molar-refractivity contribution in [3.05, 3.63) is 94.5 Å². The Balaban J connectivity index is 1.70. The monoisotopic (exact) mass is 445 g/mol. The molecule has 0 fully saturated rings. The highest BCUT2D eigenvalue weighted by molar-refractivity contribution is 7.89. The number of hydrogen-bond donors (Lipinski definition) is 1. The van der Waals surface area contributed by atoms with Crippen LogP contribution in [-0.4, -0.2) is 21.4 Å². The van der Waals surface area contributed by atoms with Gasteiger partial charge < -0.3 is 9.47 Å². The molecule has 0 atom stereocenters. The number of methoxy groups -OCH3 is 1. The molecule has 0 bridgehead atoms. The highest BCUT2D eigenvalue weighted by Crippen LogP contribution is 2.29. The third kappa shape index (κ3) is 5.75. The lowest BCUT2D eigenvalue weighted by atomic mass is 10.2. The Morgan fingerprint density at radius 3 is 2.37 bits per heavy atom. The van der Waals surface area contributed by atoms with Crippen LogP contribution in [0.15, 0.2) is 72.8 Å². The van der Waals surface area contributed by atoms with Gasteiger partial charge in [0.15, 0.2) is 11.5 Å². The summed E-state index contributed by atoms with van der Waals surface area (Å²) >= 11 is 6.13. The molecular weight excluding hydrogens is 426 g/mol. The second kappa shape index (κ2) is 9.65. The maximum atomic E-state index is 12.4. The quantitative estimate of drug-likeness (QED) is 0.562. The average molecular weight is 446 g/mol. The van der Waals surface area contributed by atoms with Crippen molar-refractivity contribution in [2.24, 2.45) is 0 Å². The van der Waals surface area contributed by atoms with E-state index >= 15 is 0 Å². The van der Waals surface area contributed by atoms with E-state index in [1.165, 1.54) is 19.2 Å². The normalized spacial score (nSPS) is 11.0. The third-order valence-electron chi connectivity index (χ3n) is 4.21. The molecule has 0 saturated carbocycles. The average Bonchev–Trinajstić information content (AvgIpc) is 2.73. The van der Waals surface area contributed by atoms with Crippen molar-refractivity contribution in [3.8, 4) is 11.5 Å². The first-order chi connectivity index (χ1) is 14.4. The van der Waals surface area contributed by atoms with Crippen LogP contribution < -0.4 is 14.2 Å². The molecule has 0 spiro atoms. The lowest BCUT2D eigenvalue weighted by Gasteiger charge is -2.13. The van der Waals surface area contributed by atoms with Crippen molar-refractivity contribution in [1.82, 2.24) is 4.72 Å². The van der Waals surface area contributed by atoms with Crippen molar-refractivity contribution >= 4 is 27.5 Å². The highest BCUT2D eigenvalue weighted by Gasteiger charge is 2.18. The molecule has 30 heavy (non-hydrogen) atoms. The number of amides is 1. The number of nitrogens with one attached hydrogen (secondary N) is 1. The molecule has 0 aromatic heterocycles. The van der Waals surface area contributed by atoms with Gasteiger partial charge >= 0.3 is 0 Å². The smallest absolute Gasteiger partial charge is 0.264 e. The fourth-order valence-corrected chi connectivity index (χ4v) is 4.02. The van der Waals surface area contributed by atoms with Crippen LogP contribution in [0, 0.1) is 0 Å². The predicted molar refractivity (Wildman–Crippen MR) is 115 cm³/mol. The van der Waals surface area contributed by atoms with E-state index in [0.717, 1.165) is 5.56 Å². The summed E-state index contributed by atoms with van der Waals surface area (Å²) in [6.07, 6.45) is 0. The molecule has 1 amide bonds. The van der Waals surface area contributed by atoms with Crippen molar-refractivity contribution in [3.63, 3.8) is 0 Å². The van der Waals surface area contributed by atoms with Crippen molar-refractivity contribution in [1.29, 1.82) is 0 Å². The first-order valence-electron chi connectivity index (χ1n) is 9.01. The number of hydrogen-bond acceptors (Lipinski definition) is 5. The summed E-state index contributed by atoms with van der Waals surface area (Å²) in [5, 5.41) is 0.580. The zero-order valence-electron chi connectivity index (χ0n) is 16.2. The third-order valence-corrected chi connectivity index (χ3v) is 5.79. The number of rotatable bonds is 8. The Morgan fingerprint density at radius 2 is 1.67 bits per heavy atom. The van der Waals surface area contributed by atoms with E-state index in [2.05, 4.69) is 4.72 Å². The zero-order chi connectivity index (χ0) is 21.6. The summed E-state index contributed by atoms with van der Waals surface area (Å²) < 4.78 is 37.7. The number of sulfonamides is 1. The van der Waals surface area contributed by atoms with Gasteiger partial charge in [0.05, 0.1) is 12.9 Å². The molecule has 1 N–H and O–H groups in total. The maximum absolute atomic E-state index is 12.4. The van der Waals surface area contributed by atoms with Crippen LogP contribution in [0.25, 0.3) is 0 Å². The summed E-state index contributed by atoms with van der Waals surface area (Å²) in [5.74, 6) is -0.339. The Labute approximate surface area is 180 Å². The predicted octanol–water partition coefficient (Wildman–Crippen LogP) is 4.19. The summed E-state index contributed by atoms with van der Waals surface area (Å²) in [5.41, 5.74) is 1.52. The molecule has 0 aliphatic carbocycles. The number of carbonyl (C=O) groups is 1. The Morgan fingerprint density at radius 1 is 0.967 bits per heavy atom. The largest absolute Gasteiger partial charge is 0.493 e. The van der Waals surface area contributed by atoms with Crippen LogP contribution in [0.5, 0.6) is 11.5 Å². The molecule has 6 nitrogen and oxygen atoms in total. The number of halogens is 1. The lowest BCUT2D eigenvalue weighted by molar-refractivity contribution is 0.0981. The second-order valence-electron chi connectivity index (χ2n) is 6.42. The van der Waals surface area contributed by atoms with E-state index < -0.39 is 15.9 Å². The van der Waals surface area contributed by atoms with Gasteiger partial charge in [-0.1, -0.05) is 60.1 Å². The van der Waals surface area contributed by atoms with Crippen LogP contribution in [0.1, 0.15) is 21.5 Å². The molecule has 3 aromatic rings. The van der Waals surface area contributed by atoms with Gasteiger partial charge in [-0.25, -0.2) is 13.1 Å². The molecule has 3 rings (SSSR count). The van der Waals surface area contributed by atoms with E-state index in [1.54, 1.807) is 42.5 Å². The van der Waals surface area contributed by atoms with Gasteiger partial charge in [0.1, 0.15) is 6.61 Å². The zero-order valence-corrected chi connectivity index (χ0v) is 17.7. The van der Waals surface area contributed by atoms with Crippen molar-refractivity contribution in [2.45, 2.75) is 12.4 Å². The van der Waals surface area contributed by atoms with E-state index in [9.17, 15) is 13.2 Å². The number of ether oxygens (including phenoxy) is 2. The summed E-state index contributed by atoms with van der Waals surface area (Å²) in [6, 6.07) is 20.3. The molecule has 0 radical (unpaired) electrons. The molecule has 8 heteroatoms. The van der Waals surface area contributed by atoms with E-state index in [-0.39, 0.29) is 17.9 Å². The van der Waals surface area contributed by atoms with Gasteiger partial charge in [0, 0.05) is 16.1 Å². The molecule has 0 heterocycles. The Hall–Kier alpha value is -3.03. The van der Waals surface area contributed by atoms with Gasteiger partial charge in [-0.05, 0) is 29.8 Å². The second-order valence-corrected chi connectivity index (χ2v) is 8.55.